The third kappa shape index (κ3) is 4.89. The number of aliphatic imine (C=N–C) groups is 1. The number of hydrogen-bond donors (Lipinski definition) is 2. The van der Waals surface area contributed by atoms with Crippen molar-refractivity contribution in [3.63, 3.8) is 0 Å². The van der Waals surface area contributed by atoms with Crippen molar-refractivity contribution in [2.24, 2.45) is 4.99 Å². The summed E-state index contributed by atoms with van der Waals surface area (Å²) in [7, 11) is 1.85. The first-order valence-corrected chi connectivity index (χ1v) is 10.1. The molecule has 2 aliphatic rings. The Labute approximate surface area is 185 Å². The number of guanidine groups is 1. The summed E-state index contributed by atoms with van der Waals surface area (Å²) in [4.78, 5) is 6.95. The average Bonchev–Trinajstić information content (AvgIpc) is 3.10. The van der Waals surface area contributed by atoms with Crippen LogP contribution >= 0.6 is 24.0 Å². The molecule has 2 heterocycles. The number of furan rings is 1. The van der Waals surface area contributed by atoms with Crippen LogP contribution in [0, 0.1) is 6.92 Å². The van der Waals surface area contributed by atoms with Crippen LogP contribution in [0.2, 0.25) is 0 Å². The van der Waals surface area contributed by atoms with Gasteiger partial charge in [0.05, 0.1) is 12.3 Å². The second-order valence-corrected chi connectivity index (χ2v) is 7.68. The van der Waals surface area contributed by atoms with E-state index in [1.807, 2.05) is 13.1 Å². The van der Waals surface area contributed by atoms with Gasteiger partial charge in [-0.2, -0.15) is 0 Å². The van der Waals surface area contributed by atoms with Gasteiger partial charge in [0.25, 0.3) is 0 Å². The number of nitrogens with zero attached hydrogens (tertiary/aromatic N) is 2. The molecule has 4 rings (SSSR count). The van der Waals surface area contributed by atoms with E-state index in [-0.39, 0.29) is 30.0 Å². The van der Waals surface area contributed by atoms with Gasteiger partial charge in [-0.1, -0.05) is 24.3 Å². The molecule has 0 amide bonds. The van der Waals surface area contributed by atoms with Crippen molar-refractivity contribution in [3.8, 4) is 0 Å². The Balaban J connectivity index is 0.00000225. The molecule has 0 spiro atoms. The van der Waals surface area contributed by atoms with Gasteiger partial charge >= 0.3 is 0 Å². The lowest BCUT2D eigenvalue weighted by Gasteiger charge is -2.26. The highest BCUT2D eigenvalue weighted by molar-refractivity contribution is 14.0. The predicted octanol–water partition coefficient (Wildman–Crippen LogP) is 4.06. The van der Waals surface area contributed by atoms with Crippen LogP contribution in [0.25, 0.3) is 0 Å². The highest BCUT2D eigenvalue weighted by atomic mass is 127. The van der Waals surface area contributed by atoms with E-state index in [1.165, 1.54) is 30.4 Å². The lowest BCUT2D eigenvalue weighted by atomic mass is 10.0. The lowest BCUT2D eigenvalue weighted by molar-refractivity contribution is 0.215. The van der Waals surface area contributed by atoms with Crippen LogP contribution in [0.15, 0.2) is 52.1 Å². The Morgan fingerprint density at radius 3 is 2.68 bits per heavy atom. The minimum Gasteiger partial charge on any atom is -0.468 e. The zero-order valence-corrected chi connectivity index (χ0v) is 19.1. The predicted molar refractivity (Wildman–Crippen MR) is 124 cm³/mol. The SMILES string of the molecule is CN=C(NCC(c1ccco1)N1CCCC1)NC1CC1c1ccccc1C.I. The van der Waals surface area contributed by atoms with Crippen LogP contribution in [0.1, 0.15) is 48.1 Å². The first-order valence-electron chi connectivity index (χ1n) is 10.1. The first kappa shape index (κ1) is 21.2. The van der Waals surface area contributed by atoms with Crippen LogP contribution in [0.5, 0.6) is 0 Å². The van der Waals surface area contributed by atoms with Crippen LogP contribution in [0.4, 0.5) is 0 Å². The van der Waals surface area contributed by atoms with Gasteiger partial charge in [0, 0.05) is 25.6 Å². The molecule has 28 heavy (non-hydrogen) atoms. The number of rotatable bonds is 6. The number of halogens is 1. The quantitative estimate of drug-likeness (QED) is 0.361. The van der Waals surface area contributed by atoms with Crippen molar-refractivity contribution in [2.45, 2.75) is 44.2 Å². The highest BCUT2D eigenvalue weighted by Crippen LogP contribution is 2.42. The molecule has 6 heteroatoms. The zero-order chi connectivity index (χ0) is 18.6. The molecule has 3 unspecified atom stereocenters. The molecule has 2 aromatic rings. The van der Waals surface area contributed by atoms with E-state index in [1.54, 1.807) is 6.26 Å². The Bertz CT molecular complexity index is 771. The zero-order valence-electron chi connectivity index (χ0n) is 16.7. The summed E-state index contributed by atoms with van der Waals surface area (Å²) in [5.74, 6) is 2.50. The molecule has 1 saturated carbocycles. The largest absolute Gasteiger partial charge is 0.468 e. The molecule has 3 atom stereocenters. The van der Waals surface area contributed by atoms with Gasteiger partial charge in [-0.15, -0.1) is 24.0 Å². The number of likely N-dealkylation sites (tertiary alicyclic amines) is 1. The molecule has 152 valence electrons. The summed E-state index contributed by atoms with van der Waals surface area (Å²) in [6, 6.07) is 13.5. The van der Waals surface area contributed by atoms with E-state index in [0.29, 0.717) is 12.0 Å². The molecular formula is C22H31IN4O. The van der Waals surface area contributed by atoms with E-state index in [0.717, 1.165) is 31.4 Å². The van der Waals surface area contributed by atoms with Gasteiger partial charge in [0.1, 0.15) is 5.76 Å². The Kier molecular flexibility index (Phi) is 7.40. The van der Waals surface area contributed by atoms with Crippen LogP contribution in [-0.2, 0) is 0 Å². The Morgan fingerprint density at radius 1 is 1.21 bits per heavy atom. The van der Waals surface area contributed by atoms with Gasteiger partial charge in [-0.05, 0) is 62.5 Å². The van der Waals surface area contributed by atoms with Crippen LogP contribution in [0.3, 0.4) is 0 Å². The summed E-state index contributed by atoms with van der Waals surface area (Å²) in [6.45, 7) is 5.27. The highest BCUT2D eigenvalue weighted by Gasteiger charge is 2.39. The smallest absolute Gasteiger partial charge is 0.191 e. The van der Waals surface area contributed by atoms with Crippen LogP contribution in [-0.4, -0.2) is 43.6 Å². The molecule has 1 saturated heterocycles. The molecular weight excluding hydrogens is 463 g/mol. The maximum atomic E-state index is 5.71. The number of hydrogen-bond acceptors (Lipinski definition) is 3. The molecule has 2 N–H and O–H groups in total. The topological polar surface area (TPSA) is 52.8 Å². The second-order valence-electron chi connectivity index (χ2n) is 7.68. The van der Waals surface area contributed by atoms with Crippen molar-refractivity contribution in [1.82, 2.24) is 15.5 Å². The molecule has 0 bridgehead atoms. The van der Waals surface area contributed by atoms with Crippen molar-refractivity contribution in [2.75, 3.05) is 26.7 Å². The molecule has 1 aromatic heterocycles. The number of benzene rings is 1. The average molecular weight is 494 g/mol. The fourth-order valence-electron chi connectivity index (χ4n) is 4.21. The monoisotopic (exact) mass is 494 g/mol. The fraction of sp³-hybridized carbons (Fsp3) is 0.500. The summed E-state index contributed by atoms with van der Waals surface area (Å²) in [5.41, 5.74) is 2.83. The first-order chi connectivity index (χ1) is 13.3. The number of aryl methyl sites for hydroxylation is 1. The molecule has 1 aromatic carbocycles. The minimum absolute atomic E-state index is 0. The third-order valence-corrected chi connectivity index (χ3v) is 5.84. The normalized spacial score (nSPS) is 23.1. The molecule has 1 aliphatic heterocycles. The maximum Gasteiger partial charge on any atom is 0.191 e. The summed E-state index contributed by atoms with van der Waals surface area (Å²) < 4.78 is 5.71. The van der Waals surface area contributed by atoms with E-state index in [2.05, 4.69) is 57.8 Å². The van der Waals surface area contributed by atoms with Crippen molar-refractivity contribution >= 4 is 29.9 Å². The maximum absolute atomic E-state index is 5.71. The van der Waals surface area contributed by atoms with Gasteiger partial charge in [-0.25, -0.2) is 0 Å². The Morgan fingerprint density at radius 2 is 2.00 bits per heavy atom. The summed E-state index contributed by atoms with van der Waals surface area (Å²) >= 11 is 0. The number of nitrogens with one attached hydrogen (secondary N) is 2. The molecule has 2 fully saturated rings. The van der Waals surface area contributed by atoms with Gasteiger partial charge in [0.2, 0.25) is 0 Å². The van der Waals surface area contributed by atoms with Crippen molar-refractivity contribution in [1.29, 1.82) is 0 Å². The second kappa shape index (κ2) is 9.78. The molecule has 0 radical (unpaired) electrons. The van der Waals surface area contributed by atoms with Crippen molar-refractivity contribution in [3.05, 3.63) is 59.5 Å². The molecule has 5 nitrogen and oxygen atoms in total. The lowest BCUT2D eigenvalue weighted by Crippen LogP contribution is -2.43. The summed E-state index contributed by atoms with van der Waals surface area (Å²) in [5, 5.41) is 7.13. The summed E-state index contributed by atoms with van der Waals surface area (Å²) in [6.07, 6.45) is 5.47. The van der Waals surface area contributed by atoms with Gasteiger partial charge < -0.3 is 15.1 Å². The van der Waals surface area contributed by atoms with E-state index >= 15 is 0 Å². The van der Waals surface area contributed by atoms with Crippen LogP contribution < -0.4 is 10.6 Å². The minimum atomic E-state index is 0. The van der Waals surface area contributed by atoms with E-state index < -0.39 is 0 Å². The molecule has 1 aliphatic carbocycles. The van der Waals surface area contributed by atoms with Crippen molar-refractivity contribution < 1.29 is 4.42 Å². The fourth-order valence-corrected chi connectivity index (χ4v) is 4.21. The van der Waals surface area contributed by atoms with Gasteiger partial charge in [-0.3, -0.25) is 9.89 Å². The van der Waals surface area contributed by atoms with E-state index in [9.17, 15) is 0 Å². The standard InChI is InChI=1S/C22H30N4O.HI/c1-16-8-3-4-9-17(16)18-14-19(18)25-22(23-2)24-15-20(21-10-7-13-27-21)26-11-5-6-12-26;/h3-4,7-10,13,18-20H,5-6,11-12,14-15H2,1-2H3,(H2,23,24,25);1H. The van der Waals surface area contributed by atoms with Gasteiger partial charge in [0.15, 0.2) is 5.96 Å². The Hall–Kier alpha value is -1.54. The van der Waals surface area contributed by atoms with E-state index in [4.69, 9.17) is 4.42 Å². The third-order valence-electron chi connectivity index (χ3n) is 5.84.